The molecule has 6 nitrogen and oxygen atoms in total. The largest absolute Gasteiger partial charge is 0.494 e. The number of hydrogen-bond acceptors (Lipinski definition) is 5. The van der Waals surface area contributed by atoms with Crippen LogP contribution in [-0.4, -0.2) is 53.0 Å². The summed E-state index contributed by atoms with van der Waals surface area (Å²) in [6, 6.07) is 4.30. The van der Waals surface area contributed by atoms with Crippen molar-refractivity contribution in [3.63, 3.8) is 0 Å². The van der Waals surface area contributed by atoms with Crippen LogP contribution in [0.2, 0.25) is 0 Å². The summed E-state index contributed by atoms with van der Waals surface area (Å²) in [7, 11) is -0.394. The Balaban J connectivity index is 1.58. The average Bonchev–Trinajstić information content (AvgIpc) is 3.47. The van der Waals surface area contributed by atoms with Crippen LogP contribution in [0.25, 0.3) is 0 Å². The van der Waals surface area contributed by atoms with E-state index >= 15 is 0 Å². The first kappa shape index (κ1) is 22.6. The number of likely N-dealkylation sites (tertiary alicyclic amines) is 1. The molecule has 1 aromatic heterocycles. The van der Waals surface area contributed by atoms with Gasteiger partial charge in [0.1, 0.15) is 5.60 Å². The Kier molecular flexibility index (Phi) is 5.66. The number of aromatic nitrogens is 1. The second kappa shape index (κ2) is 7.77. The molecule has 3 aliphatic rings. The summed E-state index contributed by atoms with van der Waals surface area (Å²) in [6.45, 7) is 15.4. The van der Waals surface area contributed by atoms with E-state index in [1.54, 1.807) is 0 Å². The maximum Gasteiger partial charge on any atom is 0.494 e. The number of pyridine rings is 1. The second-order valence-electron chi connectivity index (χ2n) is 11.4. The normalized spacial score (nSPS) is 25.6. The van der Waals surface area contributed by atoms with Gasteiger partial charge in [0.2, 0.25) is 0 Å². The van der Waals surface area contributed by atoms with Crippen molar-refractivity contribution in [2.45, 2.75) is 103 Å². The predicted molar refractivity (Wildman–Crippen MR) is 122 cm³/mol. The van der Waals surface area contributed by atoms with Crippen LogP contribution in [0.1, 0.15) is 97.4 Å². The number of carbonyl (C=O) groups excluding carboxylic acids is 1. The summed E-state index contributed by atoms with van der Waals surface area (Å²) in [5.74, 6) is 0.729. The Labute approximate surface area is 187 Å². The van der Waals surface area contributed by atoms with Crippen LogP contribution < -0.4 is 5.46 Å². The van der Waals surface area contributed by atoms with Crippen molar-refractivity contribution in [3.05, 3.63) is 23.5 Å². The molecule has 0 aromatic carbocycles. The van der Waals surface area contributed by atoms with Gasteiger partial charge in [-0.2, -0.15) is 0 Å². The molecule has 3 heterocycles. The zero-order chi connectivity index (χ0) is 22.6. The molecular weight excluding hydrogens is 391 g/mol. The van der Waals surface area contributed by atoms with Gasteiger partial charge in [-0.15, -0.1) is 0 Å². The molecule has 2 saturated heterocycles. The molecule has 0 bridgehead atoms. The van der Waals surface area contributed by atoms with Crippen LogP contribution in [0, 0.1) is 0 Å². The third kappa shape index (κ3) is 4.93. The van der Waals surface area contributed by atoms with E-state index in [1.165, 1.54) is 12.8 Å². The van der Waals surface area contributed by atoms with Gasteiger partial charge >= 0.3 is 13.2 Å². The fourth-order valence-corrected chi connectivity index (χ4v) is 4.22. The Morgan fingerprint density at radius 2 is 1.65 bits per heavy atom. The van der Waals surface area contributed by atoms with E-state index in [2.05, 4.69) is 39.8 Å². The van der Waals surface area contributed by atoms with Gasteiger partial charge in [0.15, 0.2) is 0 Å². The van der Waals surface area contributed by atoms with E-state index in [0.717, 1.165) is 36.2 Å². The number of ether oxygens (including phenoxy) is 1. The Morgan fingerprint density at radius 3 is 2.19 bits per heavy atom. The molecule has 2 aliphatic heterocycles. The van der Waals surface area contributed by atoms with E-state index in [9.17, 15) is 4.79 Å². The molecule has 0 spiro atoms. The highest BCUT2D eigenvalue weighted by Crippen LogP contribution is 2.41. The standard InChI is InChI=1S/C24H37BN2O4/c1-22(2,3)29-21(28)27-12-8-9-17(15-27)20-14-18(13-19(26-20)16-10-11-16)25-30-23(4,5)24(6,7)31-25/h13-14,16-17H,8-12,15H2,1-7H3. The van der Waals surface area contributed by atoms with Crippen LogP contribution in [0.3, 0.4) is 0 Å². The molecule has 1 saturated carbocycles. The lowest BCUT2D eigenvalue weighted by atomic mass is 9.77. The van der Waals surface area contributed by atoms with Crippen molar-refractivity contribution in [1.29, 1.82) is 0 Å². The molecule has 1 unspecified atom stereocenters. The van der Waals surface area contributed by atoms with E-state index in [4.69, 9.17) is 19.0 Å². The highest BCUT2D eigenvalue weighted by molar-refractivity contribution is 6.62. The Morgan fingerprint density at radius 1 is 1.06 bits per heavy atom. The van der Waals surface area contributed by atoms with Crippen molar-refractivity contribution in [1.82, 2.24) is 9.88 Å². The van der Waals surface area contributed by atoms with Gasteiger partial charge in [-0.1, -0.05) is 0 Å². The third-order valence-electron chi connectivity index (χ3n) is 6.90. The molecule has 4 rings (SSSR count). The lowest BCUT2D eigenvalue weighted by Gasteiger charge is -2.34. The van der Waals surface area contributed by atoms with Crippen LogP contribution in [0.4, 0.5) is 4.79 Å². The smallest absolute Gasteiger partial charge is 0.444 e. The van der Waals surface area contributed by atoms with Crippen molar-refractivity contribution in [2.24, 2.45) is 0 Å². The van der Waals surface area contributed by atoms with Gasteiger partial charge in [0.25, 0.3) is 0 Å². The van der Waals surface area contributed by atoms with Crippen LogP contribution in [0.5, 0.6) is 0 Å². The molecule has 31 heavy (non-hydrogen) atoms. The minimum atomic E-state index is -0.488. The minimum Gasteiger partial charge on any atom is -0.444 e. The van der Waals surface area contributed by atoms with Crippen molar-refractivity contribution in [2.75, 3.05) is 13.1 Å². The van der Waals surface area contributed by atoms with Gasteiger partial charge < -0.3 is 18.9 Å². The summed E-state index contributed by atoms with van der Waals surface area (Å²) in [5, 5.41) is 0. The molecule has 1 atom stereocenters. The number of nitrogens with zero attached hydrogens (tertiary/aromatic N) is 2. The molecule has 170 valence electrons. The zero-order valence-corrected chi connectivity index (χ0v) is 20.2. The fourth-order valence-electron chi connectivity index (χ4n) is 4.22. The van der Waals surface area contributed by atoms with E-state index in [0.29, 0.717) is 12.5 Å². The van der Waals surface area contributed by atoms with Gasteiger partial charge in [-0.3, -0.25) is 4.98 Å². The first-order valence-electron chi connectivity index (χ1n) is 11.7. The maximum absolute atomic E-state index is 12.6. The summed E-state index contributed by atoms with van der Waals surface area (Å²) < 4.78 is 18.3. The van der Waals surface area contributed by atoms with Crippen molar-refractivity contribution >= 4 is 18.7 Å². The van der Waals surface area contributed by atoms with Gasteiger partial charge in [-0.05, 0) is 91.7 Å². The van der Waals surface area contributed by atoms with Gasteiger partial charge in [0.05, 0.1) is 11.2 Å². The minimum absolute atomic E-state index is 0.196. The van der Waals surface area contributed by atoms with E-state index < -0.39 is 12.7 Å². The maximum atomic E-state index is 12.6. The third-order valence-corrected chi connectivity index (χ3v) is 6.90. The van der Waals surface area contributed by atoms with Crippen molar-refractivity contribution in [3.8, 4) is 0 Å². The topological polar surface area (TPSA) is 60.9 Å². The van der Waals surface area contributed by atoms with Crippen LogP contribution in [-0.2, 0) is 14.0 Å². The first-order valence-corrected chi connectivity index (χ1v) is 11.7. The number of hydrogen-bond donors (Lipinski definition) is 0. The lowest BCUT2D eigenvalue weighted by Crippen LogP contribution is -2.43. The fraction of sp³-hybridized carbons (Fsp3) is 0.750. The number of rotatable bonds is 3. The summed E-state index contributed by atoms with van der Waals surface area (Å²) in [4.78, 5) is 19.5. The lowest BCUT2D eigenvalue weighted by molar-refractivity contribution is 0.00578. The molecule has 1 aromatic rings. The number of piperidine rings is 1. The number of amides is 1. The summed E-state index contributed by atoms with van der Waals surface area (Å²) >= 11 is 0. The second-order valence-corrected chi connectivity index (χ2v) is 11.4. The molecule has 0 N–H and O–H groups in total. The molecule has 7 heteroatoms. The quantitative estimate of drug-likeness (QED) is 0.669. The summed E-state index contributed by atoms with van der Waals surface area (Å²) in [5.41, 5.74) is 1.98. The Bertz CT molecular complexity index is 828. The molecule has 1 amide bonds. The first-order chi connectivity index (χ1) is 14.3. The molecule has 1 aliphatic carbocycles. The highest BCUT2D eigenvalue weighted by atomic mass is 16.7. The summed E-state index contributed by atoms with van der Waals surface area (Å²) in [6.07, 6.45) is 4.11. The monoisotopic (exact) mass is 428 g/mol. The molecule has 3 fully saturated rings. The SMILES string of the molecule is CC(C)(C)OC(=O)N1CCCC(c2cc(B3OC(C)(C)C(C)(C)O3)cc(C3CC3)n2)C1. The van der Waals surface area contributed by atoms with Gasteiger partial charge in [0, 0.05) is 36.3 Å². The van der Waals surface area contributed by atoms with Gasteiger partial charge in [-0.25, -0.2) is 4.79 Å². The zero-order valence-electron chi connectivity index (χ0n) is 20.2. The predicted octanol–water partition coefficient (Wildman–Crippen LogP) is 4.37. The number of carbonyl (C=O) groups is 1. The van der Waals surface area contributed by atoms with Crippen LogP contribution in [0.15, 0.2) is 12.1 Å². The van der Waals surface area contributed by atoms with E-state index in [1.807, 2.05) is 25.7 Å². The van der Waals surface area contributed by atoms with Crippen molar-refractivity contribution < 1.29 is 18.8 Å². The van der Waals surface area contributed by atoms with E-state index in [-0.39, 0.29) is 23.2 Å². The molecule has 0 radical (unpaired) electrons. The average molecular weight is 428 g/mol. The highest BCUT2D eigenvalue weighted by Gasteiger charge is 2.52. The Hall–Kier alpha value is -1.60. The van der Waals surface area contributed by atoms with Crippen LogP contribution >= 0.6 is 0 Å². The molecular formula is C24H37BN2O4.